The molecule has 0 radical (unpaired) electrons. The minimum atomic E-state index is -4.38. The lowest BCUT2D eigenvalue weighted by Crippen LogP contribution is -2.04. The molecule has 0 heterocycles. The number of benzene rings is 2. The van der Waals surface area contributed by atoms with Gasteiger partial charge in [0, 0.05) is 6.07 Å². The quantitative estimate of drug-likeness (QED) is 0.858. The molecular formula is C14H14O5S. The second kappa shape index (κ2) is 5.94. The SMILES string of the molecule is COc1ccc(OCc2ccccc2)c(S(=O)(=O)O)c1. The Kier molecular flexibility index (Phi) is 4.26. The van der Waals surface area contributed by atoms with Gasteiger partial charge in [-0.05, 0) is 17.7 Å². The molecule has 0 saturated heterocycles. The topological polar surface area (TPSA) is 72.8 Å². The summed E-state index contributed by atoms with van der Waals surface area (Å²) in [5, 5.41) is 0. The largest absolute Gasteiger partial charge is 0.497 e. The molecule has 0 spiro atoms. The van der Waals surface area contributed by atoms with Crippen molar-refractivity contribution in [3.63, 3.8) is 0 Å². The third-order valence-electron chi connectivity index (χ3n) is 2.67. The molecule has 0 aromatic heterocycles. The molecule has 2 rings (SSSR count). The number of hydrogen-bond acceptors (Lipinski definition) is 4. The normalized spacial score (nSPS) is 11.1. The third-order valence-corrected chi connectivity index (χ3v) is 3.54. The first-order valence-corrected chi connectivity index (χ1v) is 7.27. The maximum Gasteiger partial charge on any atom is 0.298 e. The van der Waals surface area contributed by atoms with Crippen molar-refractivity contribution in [3.05, 3.63) is 54.1 Å². The van der Waals surface area contributed by atoms with Crippen LogP contribution < -0.4 is 9.47 Å². The van der Waals surface area contributed by atoms with Gasteiger partial charge in [0.1, 0.15) is 23.0 Å². The molecular weight excluding hydrogens is 280 g/mol. The maximum absolute atomic E-state index is 11.4. The minimum absolute atomic E-state index is 0.0807. The van der Waals surface area contributed by atoms with E-state index in [0.717, 1.165) is 5.56 Å². The van der Waals surface area contributed by atoms with Crippen molar-refractivity contribution in [1.82, 2.24) is 0 Å². The Hall–Kier alpha value is -2.05. The van der Waals surface area contributed by atoms with Crippen LogP contribution in [-0.4, -0.2) is 20.1 Å². The van der Waals surface area contributed by atoms with Crippen LogP contribution >= 0.6 is 0 Å². The highest BCUT2D eigenvalue weighted by Gasteiger charge is 2.18. The van der Waals surface area contributed by atoms with Crippen molar-refractivity contribution in [2.24, 2.45) is 0 Å². The molecule has 0 fully saturated rings. The zero-order chi connectivity index (χ0) is 14.6. The Balaban J connectivity index is 2.27. The highest BCUT2D eigenvalue weighted by atomic mass is 32.2. The van der Waals surface area contributed by atoms with E-state index >= 15 is 0 Å². The minimum Gasteiger partial charge on any atom is -0.497 e. The predicted molar refractivity (Wildman–Crippen MR) is 73.6 cm³/mol. The molecule has 2 aromatic carbocycles. The standard InChI is InChI=1S/C14H14O5S/c1-18-12-7-8-13(14(9-12)20(15,16)17)19-10-11-5-3-2-4-6-11/h2-9H,10H2,1H3,(H,15,16,17). The van der Waals surface area contributed by atoms with E-state index in [2.05, 4.69) is 0 Å². The highest BCUT2D eigenvalue weighted by molar-refractivity contribution is 7.86. The summed E-state index contributed by atoms with van der Waals surface area (Å²) in [6.07, 6.45) is 0. The van der Waals surface area contributed by atoms with Crippen molar-refractivity contribution < 1.29 is 22.4 Å². The summed E-state index contributed by atoms with van der Waals surface area (Å²) in [5.41, 5.74) is 0.893. The summed E-state index contributed by atoms with van der Waals surface area (Å²) in [6, 6.07) is 13.5. The van der Waals surface area contributed by atoms with Gasteiger partial charge in [-0.2, -0.15) is 8.42 Å². The highest BCUT2D eigenvalue weighted by Crippen LogP contribution is 2.28. The lowest BCUT2D eigenvalue weighted by atomic mass is 10.2. The van der Waals surface area contributed by atoms with Crippen LogP contribution in [0.15, 0.2) is 53.4 Å². The van der Waals surface area contributed by atoms with E-state index in [9.17, 15) is 13.0 Å². The van der Waals surface area contributed by atoms with Crippen molar-refractivity contribution in [3.8, 4) is 11.5 Å². The number of ether oxygens (including phenoxy) is 2. The zero-order valence-corrected chi connectivity index (χ0v) is 11.6. The van der Waals surface area contributed by atoms with Gasteiger partial charge in [-0.15, -0.1) is 0 Å². The molecule has 0 bridgehead atoms. The molecule has 20 heavy (non-hydrogen) atoms. The van der Waals surface area contributed by atoms with Crippen molar-refractivity contribution in [1.29, 1.82) is 0 Å². The average molecular weight is 294 g/mol. The second-order valence-electron chi connectivity index (χ2n) is 4.06. The van der Waals surface area contributed by atoms with Crippen molar-refractivity contribution in [2.75, 3.05) is 7.11 Å². The van der Waals surface area contributed by atoms with Crippen molar-refractivity contribution >= 4 is 10.1 Å². The summed E-state index contributed by atoms with van der Waals surface area (Å²) in [7, 11) is -2.97. The van der Waals surface area contributed by atoms with Gasteiger partial charge in [0.25, 0.3) is 10.1 Å². The Morgan fingerprint density at radius 1 is 1.10 bits per heavy atom. The van der Waals surface area contributed by atoms with Crippen LogP contribution in [0.2, 0.25) is 0 Å². The molecule has 0 saturated carbocycles. The average Bonchev–Trinajstić information content (AvgIpc) is 2.45. The Bertz CT molecular complexity index is 680. The first-order valence-electron chi connectivity index (χ1n) is 5.83. The lowest BCUT2D eigenvalue weighted by molar-refractivity contribution is 0.295. The van der Waals surface area contributed by atoms with Gasteiger partial charge in [-0.25, -0.2) is 0 Å². The smallest absolute Gasteiger partial charge is 0.298 e. The van der Waals surface area contributed by atoms with Crippen molar-refractivity contribution in [2.45, 2.75) is 11.5 Å². The molecule has 0 aliphatic rings. The van der Waals surface area contributed by atoms with Gasteiger partial charge in [-0.1, -0.05) is 30.3 Å². The first kappa shape index (κ1) is 14.4. The molecule has 0 atom stereocenters. The molecule has 0 aliphatic carbocycles. The van der Waals surface area contributed by atoms with E-state index in [1.807, 2.05) is 30.3 Å². The molecule has 5 nitrogen and oxygen atoms in total. The van der Waals surface area contributed by atoms with Crippen LogP contribution in [0.1, 0.15) is 5.56 Å². The Morgan fingerprint density at radius 3 is 2.40 bits per heavy atom. The zero-order valence-electron chi connectivity index (χ0n) is 10.8. The third kappa shape index (κ3) is 3.49. The van der Waals surface area contributed by atoms with Gasteiger partial charge < -0.3 is 9.47 Å². The van der Waals surface area contributed by atoms with E-state index in [0.29, 0.717) is 5.75 Å². The summed E-state index contributed by atoms with van der Waals surface area (Å²) in [6.45, 7) is 0.204. The van der Waals surface area contributed by atoms with E-state index in [4.69, 9.17) is 9.47 Å². The number of hydrogen-bond donors (Lipinski definition) is 1. The molecule has 1 N–H and O–H groups in total. The van der Waals surface area contributed by atoms with E-state index < -0.39 is 10.1 Å². The number of rotatable bonds is 5. The number of methoxy groups -OCH3 is 1. The second-order valence-corrected chi connectivity index (χ2v) is 5.45. The lowest BCUT2D eigenvalue weighted by Gasteiger charge is -2.11. The summed E-state index contributed by atoms with van der Waals surface area (Å²) in [4.78, 5) is -0.312. The van der Waals surface area contributed by atoms with Gasteiger partial charge in [0.2, 0.25) is 0 Å². The molecule has 0 aliphatic heterocycles. The molecule has 0 unspecified atom stereocenters. The van der Waals surface area contributed by atoms with Crippen LogP contribution in [-0.2, 0) is 16.7 Å². The van der Waals surface area contributed by atoms with Crippen LogP contribution in [0.25, 0.3) is 0 Å². The monoisotopic (exact) mass is 294 g/mol. The van der Waals surface area contributed by atoms with Crippen LogP contribution in [0.5, 0.6) is 11.5 Å². The van der Waals surface area contributed by atoms with Gasteiger partial charge in [0.05, 0.1) is 7.11 Å². The van der Waals surface area contributed by atoms with E-state index in [1.54, 1.807) is 6.07 Å². The van der Waals surface area contributed by atoms with E-state index in [-0.39, 0.29) is 17.3 Å². The molecule has 2 aromatic rings. The van der Waals surface area contributed by atoms with Gasteiger partial charge in [-0.3, -0.25) is 4.55 Å². The van der Waals surface area contributed by atoms with Gasteiger partial charge >= 0.3 is 0 Å². The van der Waals surface area contributed by atoms with Crippen LogP contribution in [0, 0.1) is 0 Å². The Morgan fingerprint density at radius 2 is 1.80 bits per heavy atom. The fourth-order valence-corrected chi connectivity index (χ4v) is 2.32. The molecule has 0 amide bonds. The predicted octanol–water partition coefficient (Wildman–Crippen LogP) is 2.52. The maximum atomic E-state index is 11.4. The summed E-state index contributed by atoms with van der Waals surface area (Å²) >= 11 is 0. The molecule has 106 valence electrons. The Labute approximate surface area is 117 Å². The van der Waals surface area contributed by atoms with Crippen LogP contribution in [0.3, 0.4) is 0 Å². The first-order chi connectivity index (χ1) is 9.50. The summed E-state index contributed by atoms with van der Waals surface area (Å²) < 4.78 is 42.3. The van der Waals surface area contributed by atoms with Gasteiger partial charge in [0.15, 0.2) is 0 Å². The fourth-order valence-electron chi connectivity index (χ4n) is 1.67. The fraction of sp³-hybridized carbons (Fsp3) is 0.143. The molecule has 6 heteroatoms. The van der Waals surface area contributed by atoms with Crippen LogP contribution in [0.4, 0.5) is 0 Å². The van der Waals surface area contributed by atoms with E-state index in [1.165, 1.54) is 19.2 Å². The summed E-state index contributed by atoms with van der Waals surface area (Å²) in [5.74, 6) is 0.404.